The number of rotatable bonds is 61. The molecule has 1 aliphatic carbocycles. The first-order chi connectivity index (χ1) is 47.3. The van der Waals surface area contributed by atoms with Gasteiger partial charge in [-0.15, -0.1) is 0 Å². The summed E-state index contributed by atoms with van der Waals surface area (Å²) in [6, 6.07) is 0. The van der Waals surface area contributed by atoms with Gasteiger partial charge in [0.1, 0.15) is 98.7 Å². The molecule has 578 valence electrons. The lowest BCUT2D eigenvalue weighted by molar-refractivity contribution is -0.360. The van der Waals surface area contributed by atoms with Gasteiger partial charge in [0.05, 0.1) is 13.2 Å². The molecule has 0 radical (unpaired) electrons. The van der Waals surface area contributed by atoms with E-state index < -0.39 is 156 Å². The fourth-order valence-corrected chi connectivity index (χ4v) is 14.0. The molecule has 2 aliphatic heterocycles. The minimum absolute atomic E-state index is 0.0330. The van der Waals surface area contributed by atoms with Gasteiger partial charge in [0.2, 0.25) is 0 Å². The van der Waals surface area contributed by atoms with Crippen molar-refractivity contribution in [2.24, 2.45) is 0 Å². The van der Waals surface area contributed by atoms with E-state index in [9.17, 15) is 74.9 Å². The van der Waals surface area contributed by atoms with Crippen molar-refractivity contribution in [2.45, 2.75) is 420 Å². The molecule has 0 amide bonds. The molecule has 2 saturated heterocycles. The molecule has 24 nitrogen and oxygen atoms in total. The first kappa shape index (κ1) is 90.2. The Morgan fingerprint density at radius 2 is 0.653 bits per heavy atom. The maximum Gasteiger partial charge on any atom is 0.472 e. The molecule has 25 heteroatoms. The smallest absolute Gasteiger partial charge is 0.463 e. The standard InChI is InChI=1S/C73H137O24P/c1-4-7-10-13-16-19-22-25-27-28-31-33-35-38-41-44-47-57(75)89-51-54(92-59(77)49-46-43-40-37-34-30-26-23-20-17-14-11-8-5-2)52-91-98(87,88)97-71-69(95-72-67(85)62(80)60(78)55(50-74)93-72)65(83)64(82)66(84)70(71)96-73-68(86)63(81)61(79)56(94-73)53-90-58(76)48-45-42-39-36-32-29-24-21-18-15-12-9-6-3/h54-56,60-74,78-86H,4-53H2,1-3H3,(H,87,88). The van der Waals surface area contributed by atoms with E-state index in [1.54, 1.807) is 0 Å². The topological polar surface area (TPSA) is 374 Å². The summed E-state index contributed by atoms with van der Waals surface area (Å²) in [5, 5.41) is 110. The highest BCUT2D eigenvalue weighted by Gasteiger charge is 2.58. The summed E-state index contributed by atoms with van der Waals surface area (Å²) in [7, 11) is -5.69. The Morgan fingerprint density at radius 1 is 0.357 bits per heavy atom. The van der Waals surface area contributed by atoms with Crippen LogP contribution in [0.3, 0.4) is 0 Å². The van der Waals surface area contributed by atoms with E-state index in [0.29, 0.717) is 19.3 Å². The highest BCUT2D eigenvalue weighted by atomic mass is 31.2. The highest BCUT2D eigenvalue weighted by Crippen LogP contribution is 2.49. The average molecular weight is 1430 g/mol. The first-order valence-electron chi connectivity index (χ1n) is 38.8. The van der Waals surface area contributed by atoms with Crippen LogP contribution in [0.15, 0.2) is 0 Å². The van der Waals surface area contributed by atoms with Crippen LogP contribution in [0.4, 0.5) is 0 Å². The fourth-order valence-electron chi connectivity index (χ4n) is 13.1. The number of unbranched alkanes of at least 4 members (excludes halogenated alkanes) is 40. The molecule has 0 spiro atoms. The molecular formula is C73H137O24P. The van der Waals surface area contributed by atoms with Crippen molar-refractivity contribution >= 4 is 25.7 Å². The Labute approximate surface area is 587 Å². The number of aliphatic hydroxyl groups excluding tert-OH is 10. The zero-order valence-corrected chi connectivity index (χ0v) is 61.2. The number of carbonyl (C=O) groups is 3. The van der Waals surface area contributed by atoms with Crippen molar-refractivity contribution in [3.05, 3.63) is 0 Å². The van der Waals surface area contributed by atoms with E-state index in [4.69, 9.17) is 42.2 Å². The number of ether oxygens (including phenoxy) is 7. The second kappa shape index (κ2) is 55.4. The third-order valence-electron chi connectivity index (χ3n) is 19.4. The van der Waals surface area contributed by atoms with Crippen molar-refractivity contribution in [3.8, 4) is 0 Å². The maximum atomic E-state index is 14.3. The predicted molar refractivity (Wildman–Crippen MR) is 370 cm³/mol. The summed E-state index contributed by atoms with van der Waals surface area (Å²) in [6.07, 6.45) is 13.0. The van der Waals surface area contributed by atoms with Gasteiger partial charge < -0.3 is 89.1 Å². The molecule has 0 aromatic carbocycles. The number of phosphoric acid groups is 1. The minimum Gasteiger partial charge on any atom is -0.463 e. The maximum absolute atomic E-state index is 14.3. The third kappa shape index (κ3) is 38.1. The fraction of sp³-hybridized carbons (Fsp3) is 0.959. The van der Waals surface area contributed by atoms with Crippen LogP contribution < -0.4 is 0 Å². The zero-order valence-electron chi connectivity index (χ0n) is 60.3. The van der Waals surface area contributed by atoms with Crippen LogP contribution in [0.25, 0.3) is 0 Å². The molecule has 98 heavy (non-hydrogen) atoms. The van der Waals surface area contributed by atoms with Crippen LogP contribution in [0, 0.1) is 0 Å². The van der Waals surface area contributed by atoms with Crippen LogP contribution >= 0.6 is 7.82 Å². The Bertz CT molecular complexity index is 2030. The summed E-state index contributed by atoms with van der Waals surface area (Å²) in [5.41, 5.74) is 0. The molecule has 3 rings (SSSR count). The van der Waals surface area contributed by atoms with Gasteiger partial charge in [-0.3, -0.25) is 23.4 Å². The summed E-state index contributed by atoms with van der Waals surface area (Å²) < 4.78 is 65.1. The predicted octanol–water partition coefficient (Wildman–Crippen LogP) is 11.0. The lowest BCUT2D eigenvalue weighted by Crippen LogP contribution is -2.69. The molecular weight excluding hydrogens is 1290 g/mol. The van der Waals surface area contributed by atoms with Crippen LogP contribution in [0.1, 0.15) is 316 Å². The molecule has 1 saturated carbocycles. The number of hydrogen-bond acceptors (Lipinski definition) is 23. The van der Waals surface area contributed by atoms with Gasteiger partial charge in [-0.05, 0) is 19.3 Å². The molecule has 0 aromatic heterocycles. The van der Waals surface area contributed by atoms with Gasteiger partial charge in [0.15, 0.2) is 18.7 Å². The Hall–Kier alpha value is -2.04. The van der Waals surface area contributed by atoms with Crippen molar-refractivity contribution in [1.29, 1.82) is 0 Å². The molecule has 18 unspecified atom stereocenters. The van der Waals surface area contributed by atoms with E-state index in [-0.39, 0.29) is 19.3 Å². The van der Waals surface area contributed by atoms with Crippen LogP contribution in [-0.2, 0) is 61.2 Å². The molecule has 0 aromatic rings. The van der Waals surface area contributed by atoms with E-state index in [1.165, 1.54) is 167 Å². The van der Waals surface area contributed by atoms with Gasteiger partial charge in [0, 0.05) is 19.3 Å². The normalized spacial score (nSPS) is 27.6. The summed E-state index contributed by atoms with van der Waals surface area (Å²) in [5.74, 6) is -1.97. The number of carbonyl (C=O) groups excluding carboxylic acids is 3. The largest absolute Gasteiger partial charge is 0.472 e. The van der Waals surface area contributed by atoms with Crippen molar-refractivity contribution in [2.75, 3.05) is 26.4 Å². The molecule has 18 atom stereocenters. The van der Waals surface area contributed by atoms with E-state index in [0.717, 1.165) is 89.9 Å². The summed E-state index contributed by atoms with van der Waals surface area (Å²) in [4.78, 5) is 51.0. The minimum atomic E-state index is -5.69. The van der Waals surface area contributed by atoms with Crippen LogP contribution in [0.5, 0.6) is 0 Å². The second-order valence-electron chi connectivity index (χ2n) is 28.1. The third-order valence-corrected chi connectivity index (χ3v) is 20.4. The molecule has 3 fully saturated rings. The Balaban J connectivity index is 1.72. The second-order valence-corrected chi connectivity index (χ2v) is 29.5. The molecule has 0 bridgehead atoms. The number of esters is 3. The lowest BCUT2D eigenvalue weighted by atomic mass is 9.84. The Morgan fingerprint density at radius 3 is 1.00 bits per heavy atom. The molecule has 11 N–H and O–H groups in total. The average Bonchev–Trinajstić information content (AvgIpc) is 0.763. The monoisotopic (exact) mass is 1430 g/mol. The van der Waals surface area contributed by atoms with Gasteiger partial charge in [0.25, 0.3) is 0 Å². The lowest BCUT2D eigenvalue weighted by Gasteiger charge is -2.49. The zero-order chi connectivity index (χ0) is 71.8. The van der Waals surface area contributed by atoms with Gasteiger partial charge in [-0.1, -0.05) is 278 Å². The van der Waals surface area contributed by atoms with Gasteiger partial charge in [-0.25, -0.2) is 4.57 Å². The number of aliphatic hydroxyl groups is 10. The van der Waals surface area contributed by atoms with Crippen LogP contribution in [-0.4, -0.2) is 204 Å². The highest BCUT2D eigenvalue weighted by molar-refractivity contribution is 7.47. The van der Waals surface area contributed by atoms with Crippen molar-refractivity contribution in [3.63, 3.8) is 0 Å². The number of phosphoric ester groups is 1. The Kier molecular flexibility index (Phi) is 51.0. The van der Waals surface area contributed by atoms with Crippen molar-refractivity contribution < 1.29 is 117 Å². The number of hydrogen-bond donors (Lipinski definition) is 11. The van der Waals surface area contributed by atoms with E-state index in [1.807, 2.05) is 0 Å². The van der Waals surface area contributed by atoms with E-state index in [2.05, 4.69) is 20.8 Å². The summed E-state index contributed by atoms with van der Waals surface area (Å²) in [6.45, 7) is 3.48. The quantitative estimate of drug-likeness (QED) is 0.0117. The molecule has 3 aliphatic rings. The molecule has 2 heterocycles. The first-order valence-corrected chi connectivity index (χ1v) is 40.3. The van der Waals surface area contributed by atoms with Crippen molar-refractivity contribution in [1.82, 2.24) is 0 Å². The van der Waals surface area contributed by atoms with Gasteiger partial charge >= 0.3 is 25.7 Å². The van der Waals surface area contributed by atoms with Crippen LogP contribution in [0.2, 0.25) is 0 Å². The van der Waals surface area contributed by atoms with Gasteiger partial charge in [-0.2, -0.15) is 0 Å². The summed E-state index contributed by atoms with van der Waals surface area (Å²) >= 11 is 0. The SMILES string of the molecule is CCCCCCCCCCCCCCCCCCC(=O)OCC(COP(=O)(O)OC1C(OC2OC(CO)C(O)C(O)C2O)C(O)C(O)C(O)C1OC1OC(COC(=O)CCCCCCCCCCCCCCC)C(O)C(O)C1O)OC(=O)CCCCCCCCCCCCCCCC. The van der Waals surface area contributed by atoms with E-state index >= 15 is 0 Å².